The third-order valence-electron chi connectivity index (χ3n) is 3.39. The van der Waals surface area contributed by atoms with Crippen molar-refractivity contribution in [1.29, 1.82) is 0 Å². The molecule has 1 aliphatic heterocycles. The van der Waals surface area contributed by atoms with Crippen LogP contribution in [0.2, 0.25) is 0 Å². The molecule has 0 bridgehead atoms. The SMILES string of the molecule is Cc1nc(-c2cc(I)c3c(c2)CC(C)(C)O3)sc1C. The maximum absolute atomic E-state index is 6.02. The molecular weight excluding hydrogens is 369 g/mol. The highest BCUT2D eigenvalue weighted by atomic mass is 127. The molecule has 2 aromatic rings. The maximum atomic E-state index is 6.02. The molecule has 19 heavy (non-hydrogen) atoms. The summed E-state index contributed by atoms with van der Waals surface area (Å²) in [4.78, 5) is 5.95. The lowest BCUT2D eigenvalue weighted by atomic mass is 10.0. The van der Waals surface area contributed by atoms with Crippen LogP contribution in [0.1, 0.15) is 30.0 Å². The van der Waals surface area contributed by atoms with E-state index in [-0.39, 0.29) is 5.60 Å². The van der Waals surface area contributed by atoms with Gasteiger partial charge in [-0.05, 0) is 68.0 Å². The maximum Gasteiger partial charge on any atom is 0.136 e. The van der Waals surface area contributed by atoms with Crippen molar-refractivity contribution in [2.75, 3.05) is 0 Å². The molecule has 0 saturated carbocycles. The molecule has 0 radical (unpaired) electrons. The van der Waals surface area contributed by atoms with Crippen LogP contribution in [0.15, 0.2) is 12.1 Å². The number of benzene rings is 1. The second-order valence-corrected chi connectivity index (χ2v) is 8.01. The van der Waals surface area contributed by atoms with Crippen molar-refractivity contribution in [3.63, 3.8) is 0 Å². The molecule has 1 aliphatic rings. The van der Waals surface area contributed by atoms with Gasteiger partial charge in [-0.2, -0.15) is 0 Å². The van der Waals surface area contributed by atoms with Gasteiger partial charge in [0.15, 0.2) is 0 Å². The normalized spacial score (nSPS) is 16.3. The van der Waals surface area contributed by atoms with Crippen LogP contribution in [0.4, 0.5) is 0 Å². The number of rotatable bonds is 1. The monoisotopic (exact) mass is 385 g/mol. The minimum absolute atomic E-state index is 0.0877. The first-order chi connectivity index (χ1) is 8.85. The first kappa shape index (κ1) is 13.4. The van der Waals surface area contributed by atoms with E-state index < -0.39 is 0 Å². The molecule has 0 atom stereocenters. The summed E-state index contributed by atoms with van der Waals surface area (Å²) < 4.78 is 7.20. The second-order valence-electron chi connectivity index (χ2n) is 5.65. The van der Waals surface area contributed by atoms with Crippen LogP contribution in [0.25, 0.3) is 10.6 Å². The van der Waals surface area contributed by atoms with E-state index in [0.29, 0.717) is 0 Å². The molecule has 0 spiro atoms. The zero-order chi connectivity index (χ0) is 13.8. The van der Waals surface area contributed by atoms with E-state index in [0.717, 1.165) is 22.9 Å². The van der Waals surface area contributed by atoms with Crippen LogP contribution < -0.4 is 4.74 Å². The molecule has 4 heteroatoms. The standard InChI is InChI=1S/C15H16INOS/c1-8-9(2)19-14(17-8)10-5-11-7-15(3,4)18-13(11)12(16)6-10/h5-6H,7H2,1-4H3. The van der Waals surface area contributed by atoms with Crippen molar-refractivity contribution in [1.82, 2.24) is 4.98 Å². The van der Waals surface area contributed by atoms with Crippen molar-refractivity contribution in [2.45, 2.75) is 39.7 Å². The first-order valence-corrected chi connectivity index (χ1v) is 8.21. The summed E-state index contributed by atoms with van der Waals surface area (Å²) in [6, 6.07) is 4.42. The topological polar surface area (TPSA) is 22.1 Å². The van der Waals surface area contributed by atoms with E-state index in [2.05, 4.69) is 67.4 Å². The summed E-state index contributed by atoms with van der Waals surface area (Å²) >= 11 is 4.13. The van der Waals surface area contributed by atoms with Crippen molar-refractivity contribution in [3.8, 4) is 16.3 Å². The Labute approximate surface area is 131 Å². The van der Waals surface area contributed by atoms with Gasteiger partial charge in [0.05, 0.1) is 9.26 Å². The molecule has 0 saturated heterocycles. The van der Waals surface area contributed by atoms with Gasteiger partial charge < -0.3 is 4.74 Å². The van der Waals surface area contributed by atoms with Crippen molar-refractivity contribution >= 4 is 33.9 Å². The minimum atomic E-state index is -0.0877. The van der Waals surface area contributed by atoms with Gasteiger partial charge in [0.25, 0.3) is 0 Å². The average Bonchev–Trinajstić information content (AvgIpc) is 2.79. The highest BCUT2D eigenvalue weighted by Gasteiger charge is 2.32. The molecule has 1 aromatic heterocycles. The van der Waals surface area contributed by atoms with Crippen LogP contribution in [0, 0.1) is 17.4 Å². The lowest BCUT2D eigenvalue weighted by Crippen LogP contribution is -2.24. The van der Waals surface area contributed by atoms with Crippen LogP contribution >= 0.6 is 33.9 Å². The highest BCUT2D eigenvalue weighted by Crippen LogP contribution is 2.41. The Kier molecular flexibility index (Phi) is 3.13. The van der Waals surface area contributed by atoms with Gasteiger partial charge in [0, 0.05) is 16.9 Å². The van der Waals surface area contributed by atoms with E-state index in [1.54, 1.807) is 11.3 Å². The summed E-state index contributed by atoms with van der Waals surface area (Å²) in [5.74, 6) is 1.05. The number of nitrogens with zero attached hydrogens (tertiary/aromatic N) is 1. The molecule has 1 aromatic carbocycles. The Balaban J connectivity index is 2.09. The van der Waals surface area contributed by atoms with Gasteiger partial charge in [-0.1, -0.05) is 0 Å². The number of hydrogen-bond acceptors (Lipinski definition) is 3. The van der Waals surface area contributed by atoms with Crippen molar-refractivity contribution in [3.05, 3.63) is 31.8 Å². The minimum Gasteiger partial charge on any atom is -0.486 e. The summed E-state index contributed by atoms with van der Waals surface area (Å²) in [7, 11) is 0. The van der Waals surface area contributed by atoms with Gasteiger partial charge in [0.2, 0.25) is 0 Å². The highest BCUT2D eigenvalue weighted by molar-refractivity contribution is 14.1. The fraction of sp³-hybridized carbons (Fsp3) is 0.400. The first-order valence-electron chi connectivity index (χ1n) is 6.31. The zero-order valence-corrected chi connectivity index (χ0v) is 14.5. The van der Waals surface area contributed by atoms with Gasteiger partial charge in [-0.25, -0.2) is 4.98 Å². The van der Waals surface area contributed by atoms with E-state index in [9.17, 15) is 0 Å². The van der Waals surface area contributed by atoms with Crippen LogP contribution in [0.3, 0.4) is 0 Å². The fourth-order valence-electron chi connectivity index (χ4n) is 2.39. The molecule has 0 aliphatic carbocycles. The second kappa shape index (κ2) is 4.45. The number of aryl methyl sites for hydroxylation is 2. The van der Waals surface area contributed by atoms with E-state index in [1.807, 2.05) is 0 Å². The molecule has 0 unspecified atom stereocenters. The summed E-state index contributed by atoms with van der Waals surface area (Å²) in [5.41, 5.74) is 3.56. The summed E-state index contributed by atoms with van der Waals surface area (Å²) in [6.45, 7) is 8.47. The lowest BCUT2D eigenvalue weighted by molar-refractivity contribution is 0.137. The van der Waals surface area contributed by atoms with Crippen LogP contribution in [-0.4, -0.2) is 10.6 Å². The van der Waals surface area contributed by atoms with E-state index in [1.165, 1.54) is 19.6 Å². The van der Waals surface area contributed by atoms with Crippen molar-refractivity contribution in [2.24, 2.45) is 0 Å². The summed E-state index contributed by atoms with van der Waals surface area (Å²) in [5, 5.41) is 1.11. The van der Waals surface area contributed by atoms with Crippen LogP contribution in [-0.2, 0) is 6.42 Å². The Hall–Kier alpha value is -0.620. The number of aromatic nitrogens is 1. The largest absolute Gasteiger partial charge is 0.486 e. The smallest absolute Gasteiger partial charge is 0.136 e. The molecule has 2 heterocycles. The van der Waals surface area contributed by atoms with Crippen molar-refractivity contribution < 1.29 is 4.74 Å². The average molecular weight is 385 g/mol. The predicted octanol–water partition coefficient (Wildman–Crippen LogP) is 4.75. The van der Waals surface area contributed by atoms with Gasteiger partial charge in [-0.15, -0.1) is 11.3 Å². The molecule has 0 N–H and O–H groups in total. The number of hydrogen-bond donors (Lipinski definition) is 0. The molecule has 0 amide bonds. The van der Waals surface area contributed by atoms with Crippen LogP contribution in [0.5, 0.6) is 5.75 Å². The predicted molar refractivity (Wildman–Crippen MR) is 88.2 cm³/mol. The Morgan fingerprint density at radius 1 is 1.32 bits per heavy atom. The Morgan fingerprint density at radius 2 is 2.05 bits per heavy atom. The fourth-order valence-corrected chi connectivity index (χ4v) is 4.08. The zero-order valence-electron chi connectivity index (χ0n) is 11.5. The Morgan fingerprint density at radius 3 is 2.68 bits per heavy atom. The number of fused-ring (bicyclic) bond motifs is 1. The van der Waals surface area contributed by atoms with E-state index in [4.69, 9.17) is 4.74 Å². The van der Waals surface area contributed by atoms with E-state index >= 15 is 0 Å². The quantitative estimate of drug-likeness (QED) is 0.662. The molecule has 100 valence electrons. The summed E-state index contributed by atoms with van der Waals surface area (Å²) in [6.07, 6.45) is 0.968. The molecule has 0 fully saturated rings. The van der Waals surface area contributed by atoms with Gasteiger partial charge in [0.1, 0.15) is 16.4 Å². The Bertz CT molecular complexity index is 641. The molecular formula is C15H16INOS. The molecule has 2 nitrogen and oxygen atoms in total. The third-order valence-corrected chi connectivity index (χ3v) is 5.31. The molecule has 3 rings (SSSR count). The number of halogens is 1. The van der Waals surface area contributed by atoms with Gasteiger partial charge in [-0.3, -0.25) is 0 Å². The number of ether oxygens (including phenoxy) is 1. The third kappa shape index (κ3) is 2.40. The number of thiazole rings is 1. The van der Waals surface area contributed by atoms with Gasteiger partial charge >= 0.3 is 0 Å². The lowest BCUT2D eigenvalue weighted by Gasteiger charge is -2.17.